The minimum atomic E-state index is 0.122. The van der Waals surface area contributed by atoms with E-state index in [1.807, 2.05) is 23.2 Å². The van der Waals surface area contributed by atoms with Crippen molar-refractivity contribution < 1.29 is 4.79 Å². The Balaban J connectivity index is 2.21. The van der Waals surface area contributed by atoms with Crippen molar-refractivity contribution in [3.8, 4) is 0 Å². The zero-order chi connectivity index (χ0) is 8.55. The lowest BCUT2D eigenvalue weighted by molar-refractivity contribution is 0.209. The molecule has 12 heavy (non-hydrogen) atoms. The standard InChI is InChI=1S/C9H12N2O/c1-2-5-10-7-8-4-3-6-11(8)9(10)12/h3-4,6H,2,5,7H2,1H3. The maximum absolute atomic E-state index is 11.5. The predicted molar refractivity (Wildman–Crippen MR) is 45.9 cm³/mol. The van der Waals surface area contributed by atoms with Crippen LogP contribution in [0.15, 0.2) is 18.3 Å². The van der Waals surface area contributed by atoms with Crippen molar-refractivity contribution in [3.05, 3.63) is 24.0 Å². The van der Waals surface area contributed by atoms with Gasteiger partial charge in [-0.05, 0) is 18.6 Å². The van der Waals surface area contributed by atoms with Crippen molar-refractivity contribution in [3.63, 3.8) is 0 Å². The van der Waals surface area contributed by atoms with Crippen molar-refractivity contribution in [1.82, 2.24) is 9.47 Å². The summed E-state index contributed by atoms with van der Waals surface area (Å²) < 4.78 is 1.72. The average Bonchev–Trinajstić information content (AvgIpc) is 2.58. The molecule has 0 radical (unpaired) electrons. The number of hydrogen-bond acceptors (Lipinski definition) is 1. The Morgan fingerprint density at radius 1 is 1.58 bits per heavy atom. The number of fused-ring (bicyclic) bond motifs is 1. The summed E-state index contributed by atoms with van der Waals surface area (Å²) in [6.07, 6.45) is 2.85. The molecule has 0 fully saturated rings. The molecule has 3 nitrogen and oxygen atoms in total. The molecular weight excluding hydrogens is 152 g/mol. The second-order valence-electron chi connectivity index (χ2n) is 3.07. The Kier molecular flexibility index (Phi) is 1.64. The van der Waals surface area contributed by atoms with Gasteiger partial charge in [0.05, 0.1) is 6.54 Å². The molecule has 0 aliphatic carbocycles. The van der Waals surface area contributed by atoms with E-state index in [1.54, 1.807) is 4.57 Å². The highest BCUT2D eigenvalue weighted by atomic mass is 16.2. The van der Waals surface area contributed by atoms with Gasteiger partial charge in [-0.25, -0.2) is 4.79 Å². The van der Waals surface area contributed by atoms with Crippen LogP contribution in [0, 0.1) is 0 Å². The van der Waals surface area contributed by atoms with Crippen LogP contribution in [-0.4, -0.2) is 22.0 Å². The molecule has 0 bridgehead atoms. The first-order valence-corrected chi connectivity index (χ1v) is 4.28. The maximum atomic E-state index is 11.5. The van der Waals surface area contributed by atoms with E-state index >= 15 is 0 Å². The fraction of sp³-hybridized carbons (Fsp3) is 0.444. The summed E-state index contributed by atoms with van der Waals surface area (Å²) in [5.41, 5.74) is 1.11. The van der Waals surface area contributed by atoms with Gasteiger partial charge in [0.2, 0.25) is 0 Å². The van der Waals surface area contributed by atoms with Gasteiger partial charge in [0, 0.05) is 18.4 Å². The van der Waals surface area contributed by atoms with Crippen molar-refractivity contribution in [2.45, 2.75) is 19.9 Å². The fourth-order valence-corrected chi connectivity index (χ4v) is 1.59. The lowest BCUT2D eigenvalue weighted by Gasteiger charge is -2.12. The highest BCUT2D eigenvalue weighted by Crippen LogP contribution is 2.16. The van der Waals surface area contributed by atoms with Gasteiger partial charge in [0.15, 0.2) is 0 Å². The summed E-state index contributed by atoms with van der Waals surface area (Å²) in [4.78, 5) is 13.4. The van der Waals surface area contributed by atoms with E-state index in [4.69, 9.17) is 0 Å². The predicted octanol–water partition coefficient (Wildman–Crippen LogP) is 1.68. The molecule has 2 heterocycles. The number of amides is 1. The number of rotatable bonds is 2. The van der Waals surface area contributed by atoms with E-state index < -0.39 is 0 Å². The molecule has 2 rings (SSSR count). The van der Waals surface area contributed by atoms with Crippen LogP contribution in [0.5, 0.6) is 0 Å². The number of aromatic nitrogens is 1. The van der Waals surface area contributed by atoms with E-state index in [1.165, 1.54) is 0 Å². The van der Waals surface area contributed by atoms with Crippen LogP contribution in [0.4, 0.5) is 4.79 Å². The summed E-state index contributed by atoms with van der Waals surface area (Å²) in [6, 6.07) is 4.03. The highest BCUT2D eigenvalue weighted by molar-refractivity contribution is 5.80. The summed E-state index contributed by atoms with van der Waals surface area (Å²) in [7, 11) is 0. The van der Waals surface area contributed by atoms with Gasteiger partial charge in [0.1, 0.15) is 0 Å². The Bertz CT molecular complexity index is 303. The van der Waals surface area contributed by atoms with Crippen LogP contribution in [0.25, 0.3) is 0 Å². The summed E-state index contributed by atoms with van der Waals surface area (Å²) in [5, 5.41) is 0. The fourth-order valence-electron chi connectivity index (χ4n) is 1.59. The topological polar surface area (TPSA) is 25.2 Å². The van der Waals surface area contributed by atoms with Gasteiger partial charge < -0.3 is 4.90 Å². The van der Waals surface area contributed by atoms with E-state index in [0.29, 0.717) is 0 Å². The molecular formula is C9H12N2O. The average molecular weight is 164 g/mol. The lowest BCUT2D eigenvalue weighted by Crippen LogP contribution is -2.26. The minimum Gasteiger partial charge on any atom is -0.318 e. The zero-order valence-electron chi connectivity index (χ0n) is 7.16. The second-order valence-corrected chi connectivity index (χ2v) is 3.07. The molecule has 1 aromatic heterocycles. The van der Waals surface area contributed by atoms with Gasteiger partial charge >= 0.3 is 6.03 Å². The summed E-state index contributed by atoms with van der Waals surface area (Å²) in [5.74, 6) is 0. The minimum absolute atomic E-state index is 0.122. The third kappa shape index (κ3) is 0.932. The smallest absolute Gasteiger partial charge is 0.318 e. The van der Waals surface area contributed by atoms with Crippen LogP contribution in [0.1, 0.15) is 19.0 Å². The van der Waals surface area contributed by atoms with Gasteiger partial charge in [-0.2, -0.15) is 0 Å². The van der Waals surface area contributed by atoms with Crippen LogP contribution >= 0.6 is 0 Å². The SMILES string of the molecule is CCCN1Cc2cccn2C1=O. The first kappa shape index (κ1) is 7.40. The van der Waals surface area contributed by atoms with Crippen molar-refractivity contribution in [2.24, 2.45) is 0 Å². The number of carbonyl (C=O) groups excluding carboxylic acids is 1. The van der Waals surface area contributed by atoms with E-state index in [-0.39, 0.29) is 6.03 Å². The Morgan fingerprint density at radius 3 is 3.08 bits per heavy atom. The molecule has 1 aromatic rings. The molecule has 1 amide bonds. The number of carbonyl (C=O) groups is 1. The second kappa shape index (κ2) is 2.66. The van der Waals surface area contributed by atoms with Gasteiger partial charge in [-0.3, -0.25) is 4.57 Å². The summed E-state index contributed by atoms with van der Waals surface area (Å²) in [6.45, 7) is 3.72. The molecule has 0 aromatic carbocycles. The van der Waals surface area contributed by atoms with Crippen molar-refractivity contribution in [1.29, 1.82) is 0 Å². The third-order valence-corrected chi connectivity index (χ3v) is 2.16. The van der Waals surface area contributed by atoms with Crippen LogP contribution < -0.4 is 0 Å². The highest BCUT2D eigenvalue weighted by Gasteiger charge is 2.24. The third-order valence-electron chi connectivity index (χ3n) is 2.16. The maximum Gasteiger partial charge on any atom is 0.328 e. The quantitative estimate of drug-likeness (QED) is 0.652. The van der Waals surface area contributed by atoms with Crippen molar-refractivity contribution >= 4 is 6.03 Å². The Hall–Kier alpha value is -1.25. The molecule has 0 atom stereocenters. The van der Waals surface area contributed by atoms with E-state index in [2.05, 4.69) is 6.92 Å². The van der Waals surface area contributed by atoms with Crippen LogP contribution in [-0.2, 0) is 6.54 Å². The molecule has 3 heteroatoms. The zero-order valence-corrected chi connectivity index (χ0v) is 7.16. The molecule has 0 N–H and O–H groups in total. The monoisotopic (exact) mass is 164 g/mol. The lowest BCUT2D eigenvalue weighted by atomic mass is 10.4. The number of hydrogen-bond donors (Lipinski definition) is 0. The molecule has 64 valence electrons. The van der Waals surface area contributed by atoms with Crippen molar-refractivity contribution in [2.75, 3.05) is 6.54 Å². The molecule has 1 aliphatic heterocycles. The molecule has 0 saturated heterocycles. The van der Waals surface area contributed by atoms with Gasteiger partial charge in [-0.1, -0.05) is 6.92 Å². The number of nitrogens with zero attached hydrogens (tertiary/aromatic N) is 2. The van der Waals surface area contributed by atoms with E-state index in [0.717, 1.165) is 25.2 Å². The van der Waals surface area contributed by atoms with Gasteiger partial charge in [0.25, 0.3) is 0 Å². The molecule has 1 aliphatic rings. The summed E-state index contributed by atoms with van der Waals surface area (Å²) >= 11 is 0. The Labute approximate surface area is 71.6 Å². The van der Waals surface area contributed by atoms with Crippen LogP contribution in [0.2, 0.25) is 0 Å². The largest absolute Gasteiger partial charge is 0.328 e. The first-order chi connectivity index (χ1) is 5.83. The van der Waals surface area contributed by atoms with Crippen LogP contribution in [0.3, 0.4) is 0 Å². The van der Waals surface area contributed by atoms with Gasteiger partial charge in [-0.15, -0.1) is 0 Å². The normalized spacial score (nSPS) is 15.4. The first-order valence-electron chi connectivity index (χ1n) is 4.28. The molecule has 0 saturated carbocycles. The Morgan fingerprint density at radius 2 is 2.42 bits per heavy atom. The van der Waals surface area contributed by atoms with E-state index in [9.17, 15) is 4.79 Å². The molecule has 0 unspecified atom stereocenters. The molecule has 0 spiro atoms.